The fourth-order valence-corrected chi connectivity index (χ4v) is 5.48. The highest BCUT2D eigenvalue weighted by atomic mass is 35.5. The molecule has 7 heteroatoms. The van der Waals surface area contributed by atoms with Gasteiger partial charge in [-0.25, -0.2) is 0 Å². The molecule has 1 amide bonds. The first-order valence-corrected chi connectivity index (χ1v) is 11.4. The number of nitriles is 1. The van der Waals surface area contributed by atoms with Gasteiger partial charge in [-0.1, -0.05) is 23.7 Å². The minimum atomic E-state index is -0.0220. The highest BCUT2D eigenvalue weighted by Gasteiger charge is 2.23. The van der Waals surface area contributed by atoms with Crippen molar-refractivity contribution in [3.8, 4) is 6.07 Å². The van der Waals surface area contributed by atoms with Crippen molar-refractivity contribution in [1.82, 2.24) is 9.80 Å². The van der Waals surface area contributed by atoms with E-state index in [4.69, 9.17) is 11.6 Å². The molecule has 4 rings (SSSR count). The van der Waals surface area contributed by atoms with Gasteiger partial charge in [0.25, 0.3) is 0 Å². The number of anilines is 1. The van der Waals surface area contributed by atoms with Crippen LogP contribution in [0.5, 0.6) is 0 Å². The second kappa shape index (κ2) is 9.27. The molecule has 1 N–H and O–H groups in total. The molecule has 2 aliphatic rings. The topological polar surface area (TPSA) is 59.4 Å². The summed E-state index contributed by atoms with van der Waals surface area (Å²) in [5, 5.41) is 14.1. The summed E-state index contributed by atoms with van der Waals surface area (Å²) in [6.07, 6.45) is 4.29. The molecule has 1 aliphatic carbocycles. The summed E-state index contributed by atoms with van der Waals surface area (Å²) >= 11 is 7.54. The fraction of sp³-hybridized carbons (Fsp3) is 0.455. The molecule has 1 aliphatic heterocycles. The van der Waals surface area contributed by atoms with Gasteiger partial charge in [0, 0.05) is 42.6 Å². The Labute approximate surface area is 180 Å². The number of thiophene rings is 1. The standard InChI is InChI=1S/C22H25ClN4OS/c23-17-7-5-16(6-8-17)14-26-9-11-27(12-10-26)15-21(28)25-22-19(13-24)18-3-1-2-4-20(18)29-22/h5-8H,1-4,9-12,14-15H2,(H,25,28). The van der Waals surface area contributed by atoms with Crippen molar-refractivity contribution in [3.63, 3.8) is 0 Å². The Morgan fingerprint density at radius 2 is 1.79 bits per heavy atom. The molecular weight excluding hydrogens is 404 g/mol. The largest absolute Gasteiger partial charge is 0.315 e. The van der Waals surface area contributed by atoms with Gasteiger partial charge in [0.2, 0.25) is 5.91 Å². The number of amides is 1. The monoisotopic (exact) mass is 428 g/mol. The molecule has 1 saturated heterocycles. The van der Waals surface area contributed by atoms with E-state index in [2.05, 4.69) is 33.3 Å². The van der Waals surface area contributed by atoms with E-state index in [-0.39, 0.29) is 5.91 Å². The maximum Gasteiger partial charge on any atom is 0.239 e. The number of halogens is 1. The average molecular weight is 429 g/mol. The van der Waals surface area contributed by atoms with Crippen molar-refractivity contribution in [1.29, 1.82) is 5.26 Å². The zero-order valence-electron chi connectivity index (χ0n) is 16.4. The third kappa shape index (κ3) is 4.99. The minimum absolute atomic E-state index is 0.0220. The van der Waals surface area contributed by atoms with Gasteiger partial charge in [0.1, 0.15) is 11.1 Å². The van der Waals surface area contributed by atoms with Crippen molar-refractivity contribution in [2.45, 2.75) is 32.2 Å². The van der Waals surface area contributed by atoms with E-state index < -0.39 is 0 Å². The third-order valence-corrected chi connectivity index (χ3v) is 7.15. The molecule has 152 valence electrons. The van der Waals surface area contributed by atoms with E-state index in [0.29, 0.717) is 12.1 Å². The molecule has 2 aromatic rings. The summed E-state index contributed by atoms with van der Waals surface area (Å²) in [6.45, 7) is 4.89. The van der Waals surface area contributed by atoms with Crippen molar-refractivity contribution >= 4 is 33.8 Å². The lowest BCUT2D eigenvalue weighted by molar-refractivity contribution is -0.117. The van der Waals surface area contributed by atoms with Gasteiger partial charge >= 0.3 is 0 Å². The lowest BCUT2D eigenvalue weighted by Crippen LogP contribution is -2.48. The predicted octanol–water partition coefficient (Wildman–Crippen LogP) is 3.91. The maximum absolute atomic E-state index is 12.6. The molecule has 0 bridgehead atoms. The van der Waals surface area contributed by atoms with Gasteiger partial charge in [-0.15, -0.1) is 11.3 Å². The Hall–Kier alpha value is -1.91. The Morgan fingerprint density at radius 1 is 1.10 bits per heavy atom. The molecule has 1 aromatic carbocycles. The summed E-state index contributed by atoms with van der Waals surface area (Å²) < 4.78 is 0. The molecule has 0 spiro atoms. The first-order valence-electron chi connectivity index (χ1n) is 10.2. The lowest BCUT2D eigenvalue weighted by atomic mass is 9.96. The van der Waals surface area contributed by atoms with E-state index in [1.807, 2.05) is 12.1 Å². The van der Waals surface area contributed by atoms with Gasteiger partial charge in [0.15, 0.2) is 0 Å². The molecule has 0 saturated carbocycles. The average Bonchev–Trinajstić information content (AvgIpc) is 3.08. The predicted molar refractivity (Wildman–Crippen MR) is 117 cm³/mol. The zero-order chi connectivity index (χ0) is 20.2. The summed E-state index contributed by atoms with van der Waals surface area (Å²) in [4.78, 5) is 18.5. The Morgan fingerprint density at radius 3 is 2.52 bits per heavy atom. The van der Waals surface area contributed by atoms with Gasteiger partial charge in [-0.2, -0.15) is 5.26 Å². The summed E-state index contributed by atoms with van der Waals surface area (Å²) in [5.41, 5.74) is 3.10. The number of hydrogen-bond acceptors (Lipinski definition) is 5. The zero-order valence-corrected chi connectivity index (χ0v) is 18.0. The quantitative estimate of drug-likeness (QED) is 0.784. The van der Waals surface area contributed by atoms with Crippen molar-refractivity contribution in [2.24, 2.45) is 0 Å². The van der Waals surface area contributed by atoms with Crippen LogP contribution in [0.2, 0.25) is 5.02 Å². The molecular formula is C22H25ClN4OS. The van der Waals surface area contributed by atoms with Crippen LogP contribution in [0.25, 0.3) is 0 Å². The number of piperazine rings is 1. The second-order valence-electron chi connectivity index (χ2n) is 7.75. The fourth-order valence-electron chi connectivity index (χ4n) is 4.10. The third-order valence-electron chi connectivity index (χ3n) is 5.69. The van der Waals surface area contributed by atoms with E-state index in [1.54, 1.807) is 11.3 Å². The first kappa shape index (κ1) is 20.4. The summed E-state index contributed by atoms with van der Waals surface area (Å²) in [7, 11) is 0. The van der Waals surface area contributed by atoms with Gasteiger partial charge in [-0.3, -0.25) is 14.6 Å². The van der Waals surface area contributed by atoms with Gasteiger partial charge in [0.05, 0.1) is 12.1 Å². The summed E-state index contributed by atoms with van der Waals surface area (Å²) in [6, 6.07) is 10.3. The number of carbonyl (C=O) groups excluding carboxylic acids is 1. The van der Waals surface area contributed by atoms with Crippen LogP contribution in [0.4, 0.5) is 5.00 Å². The number of fused-ring (bicyclic) bond motifs is 1. The normalized spacial score (nSPS) is 17.5. The SMILES string of the molecule is N#Cc1c(NC(=O)CN2CCN(Cc3ccc(Cl)cc3)CC2)sc2c1CCCC2. The molecule has 0 atom stereocenters. The Kier molecular flexibility index (Phi) is 6.51. The number of benzene rings is 1. The molecule has 2 heterocycles. The van der Waals surface area contributed by atoms with Crippen molar-refractivity contribution in [2.75, 3.05) is 38.0 Å². The number of hydrogen-bond donors (Lipinski definition) is 1. The number of rotatable bonds is 5. The molecule has 29 heavy (non-hydrogen) atoms. The van der Waals surface area contributed by atoms with E-state index in [1.165, 1.54) is 16.9 Å². The van der Waals surface area contributed by atoms with Crippen LogP contribution < -0.4 is 5.32 Å². The smallest absolute Gasteiger partial charge is 0.239 e. The van der Waals surface area contributed by atoms with E-state index in [9.17, 15) is 10.1 Å². The number of nitrogens with one attached hydrogen (secondary N) is 1. The summed E-state index contributed by atoms with van der Waals surface area (Å²) in [5.74, 6) is -0.0220. The van der Waals surface area contributed by atoms with E-state index in [0.717, 1.165) is 67.6 Å². The van der Waals surface area contributed by atoms with Crippen LogP contribution in [0, 0.1) is 11.3 Å². The first-order chi connectivity index (χ1) is 14.1. The second-order valence-corrected chi connectivity index (χ2v) is 9.30. The lowest BCUT2D eigenvalue weighted by Gasteiger charge is -2.34. The van der Waals surface area contributed by atoms with Crippen molar-refractivity contribution in [3.05, 3.63) is 50.9 Å². The van der Waals surface area contributed by atoms with Crippen LogP contribution in [0.1, 0.15) is 34.4 Å². The minimum Gasteiger partial charge on any atom is -0.315 e. The number of nitrogens with zero attached hydrogens (tertiary/aromatic N) is 3. The molecule has 0 radical (unpaired) electrons. The molecule has 1 fully saturated rings. The van der Waals surface area contributed by atoms with Crippen LogP contribution in [0.3, 0.4) is 0 Å². The van der Waals surface area contributed by atoms with Crippen LogP contribution in [-0.4, -0.2) is 48.4 Å². The van der Waals surface area contributed by atoms with Gasteiger partial charge < -0.3 is 5.32 Å². The van der Waals surface area contributed by atoms with Crippen LogP contribution in [-0.2, 0) is 24.2 Å². The Balaban J connectivity index is 1.28. The molecule has 1 aromatic heterocycles. The van der Waals surface area contributed by atoms with Crippen molar-refractivity contribution < 1.29 is 4.79 Å². The van der Waals surface area contributed by atoms with Crippen LogP contribution >= 0.6 is 22.9 Å². The van der Waals surface area contributed by atoms with Crippen LogP contribution in [0.15, 0.2) is 24.3 Å². The highest BCUT2D eigenvalue weighted by Crippen LogP contribution is 2.37. The van der Waals surface area contributed by atoms with E-state index >= 15 is 0 Å². The molecule has 0 unspecified atom stereocenters. The highest BCUT2D eigenvalue weighted by molar-refractivity contribution is 7.16. The maximum atomic E-state index is 12.6. The Bertz CT molecular complexity index is 910. The van der Waals surface area contributed by atoms with Gasteiger partial charge in [-0.05, 0) is 48.9 Å². The molecule has 5 nitrogen and oxygen atoms in total. The number of aryl methyl sites for hydroxylation is 1. The number of carbonyl (C=O) groups is 1.